The summed E-state index contributed by atoms with van der Waals surface area (Å²) in [7, 11) is 1.86. The highest BCUT2D eigenvalue weighted by atomic mass is 32.2. The molecule has 0 saturated carbocycles. The van der Waals surface area contributed by atoms with Gasteiger partial charge in [0, 0.05) is 24.1 Å². The average Bonchev–Trinajstić information content (AvgIpc) is 2.67. The zero-order chi connectivity index (χ0) is 10.7. The Hall–Kier alpha value is -0.750. The second kappa shape index (κ2) is 4.85. The molecule has 1 fully saturated rings. The highest BCUT2D eigenvalue weighted by molar-refractivity contribution is 8.00. The van der Waals surface area contributed by atoms with Crippen LogP contribution in [-0.2, 0) is 6.54 Å². The van der Waals surface area contributed by atoms with Gasteiger partial charge in [-0.05, 0) is 7.05 Å². The van der Waals surface area contributed by atoms with Crippen LogP contribution in [0.5, 0.6) is 0 Å². The Balaban J connectivity index is 2.01. The number of hydrogen-bond donors (Lipinski definition) is 1. The van der Waals surface area contributed by atoms with Gasteiger partial charge in [0.2, 0.25) is 5.89 Å². The SMILES string of the molecule is CNCc1nnc(N2CCSC(C)C2)o1. The second-order valence-corrected chi connectivity index (χ2v) is 5.18. The fraction of sp³-hybridized carbons (Fsp3) is 0.778. The summed E-state index contributed by atoms with van der Waals surface area (Å²) in [5.41, 5.74) is 0. The lowest BCUT2D eigenvalue weighted by Gasteiger charge is -2.28. The van der Waals surface area contributed by atoms with Gasteiger partial charge in [-0.15, -0.1) is 5.10 Å². The molecule has 2 heterocycles. The standard InChI is InChI=1S/C9H16N4OS/c1-7-6-13(3-4-15-7)9-12-11-8(14-9)5-10-2/h7,10H,3-6H2,1-2H3. The summed E-state index contributed by atoms with van der Waals surface area (Å²) in [6.07, 6.45) is 0. The molecule has 0 radical (unpaired) electrons. The van der Waals surface area contributed by atoms with E-state index in [1.54, 1.807) is 0 Å². The number of nitrogens with zero attached hydrogens (tertiary/aromatic N) is 3. The summed E-state index contributed by atoms with van der Waals surface area (Å²) >= 11 is 1.99. The van der Waals surface area contributed by atoms with Crippen LogP contribution >= 0.6 is 11.8 Å². The van der Waals surface area contributed by atoms with Gasteiger partial charge in [0.05, 0.1) is 6.54 Å². The Morgan fingerprint density at radius 2 is 2.47 bits per heavy atom. The molecule has 1 aromatic rings. The van der Waals surface area contributed by atoms with Crippen molar-refractivity contribution in [3.05, 3.63) is 5.89 Å². The van der Waals surface area contributed by atoms with Crippen LogP contribution in [-0.4, -0.2) is 41.3 Å². The molecule has 2 rings (SSSR count). The van der Waals surface area contributed by atoms with E-state index in [-0.39, 0.29) is 0 Å². The lowest BCUT2D eigenvalue weighted by Crippen LogP contribution is -2.36. The minimum Gasteiger partial charge on any atom is -0.407 e. The van der Waals surface area contributed by atoms with E-state index in [0.717, 1.165) is 18.8 Å². The maximum Gasteiger partial charge on any atom is 0.318 e. The van der Waals surface area contributed by atoms with Gasteiger partial charge < -0.3 is 14.6 Å². The molecule has 15 heavy (non-hydrogen) atoms. The summed E-state index contributed by atoms with van der Waals surface area (Å²) in [6.45, 7) is 4.84. The first-order chi connectivity index (χ1) is 7.29. The number of aromatic nitrogens is 2. The molecule has 5 nitrogen and oxygen atoms in total. The fourth-order valence-electron chi connectivity index (χ4n) is 1.59. The van der Waals surface area contributed by atoms with E-state index in [1.807, 2.05) is 18.8 Å². The highest BCUT2D eigenvalue weighted by Crippen LogP contribution is 2.22. The number of rotatable bonds is 3. The molecule has 0 aromatic carbocycles. The maximum absolute atomic E-state index is 5.54. The lowest BCUT2D eigenvalue weighted by atomic mass is 10.4. The molecule has 1 unspecified atom stereocenters. The smallest absolute Gasteiger partial charge is 0.318 e. The fourth-order valence-corrected chi connectivity index (χ4v) is 2.60. The van der Waals surface area contributed by atoms with Gasteiger partial charge in [-0.2, -0.15) is 11.8 Å². The van der Waals surface area contributed by atoms with Crippen molar-refractivity contribution in [1.82, 2.24) is 15.5 Å². The molecule has 1 N–H and O–H groups in total. The van der Waals surface area contributed by atoms with Crippen LogP contribution in [0, 0.1) is 0 Å². The van der Waals surface area contributed by atoms with Crippen molar-refractivity contribution in [3.8, 4) is 0 Å². The highest BCUT2D eigenvalue weighted by Gasteiger charge is 2.21. The van der Waals surface area contributed by atoms with Crippen molar-refractivity contribution in [2.75, 3.05) is 30.8 Å². The van der Waals surface area contributed by atoms with E-state index in [0.29, 0.717) is 23.7 Å². The third-order valence-electron chi connectivity index (χ3n) is 2.30. The summed E-state index contributed by atoms with van der Waals surface area (Å²) in [5.74, 6) is 1.78. The molecule has 0 aliphatic carbocycles. The van der Waals surface area contributed by atoms with Crippen molar-refractivity contribution >= 4 is 17.8 Å². The van der Waals surface area contributed by atoms with Gasteiger partial charge in [-0.1, -0.05) is 12.0 Å². The molecule has 6 heteroatoms. The second-order valence-electron chi connectivity index (χ2n) is 3.64. The largest absolute Gasteiger partial charge is 0.407 e. The summed E-state index contributed by atoms with van der Waals surface area (Å²) < 4.78 is 5.54. The van der Waals surface area contributed by atoms with Gasteiger partial charge in [-0.3, -0.25) is 0 Å². The maximum atomic E-state index is 5.54. The third-order valence-corrected chi connectivity index (χ3v) is 3.43. The third kappa shape index (κ3) is 2.63. The molecule has 0 amide bonds. The molecule has 0 spiro atoms. The minimum atomic E-state index is 0.630. The van der Waals surface area contributed by atoms with Crippen molar-refractivity contribution in [1.29, 1.82) is 0 Å². The van der Waals surface area contributed by atoms with Crippen LogP contribution in [0.3, 0.4) is 0 Å². The first-order valence-electron chi connectivity index (χ1n) is 5.13. The van der Waals surface area contributed by atoms with Gasteiger partial charge in [-0.25, -0.2) is 0 Å². The molecule has 1 aliphatic rings. The van der Waals surface area contributed by atoms with E-state index in [1.165, 1.54) is 0 Å². The molecule has 1 aromatic heterocycles. The van der Waals surface area contributed by atoms with E-state index in [2.05, 4.69) is 27.3 Å². The Bertz CT molecular complexity index is 317. The Kier molecular flexibility index (Phi) is 3.48. The van der Waals surface area contributed by atoms with E-state index >= 15 is 0 Å². The first-order valence-corrected chi connectivity index (χ1v) is 6.18. The summed E-state index contributed by atoms with van der Waals surface area (Å²) in [4.78, 5) is 2.16. The van der Waals surface area contributed by atoms with Crippen molar-refractivity contribution in [2.24, 2.45) is 0 Å². The van der Waals surface area contributed by atoms with Crippen LogP contribution in [0.4, 0.5) is 6.01 Å². The number of thioether (sulfide) groups is 1. The van der Waals surface area contributed by atoms with Crippen molar-refractivity contribution < 1.29 is 4.42 Å². The van der Waals surface area contributed by atoms with Crippen LogP contribution in [0.15, 0.2) is 4.42 Å². The minimum absolute atomic E-state index is 0.630. The van der Waals surface area contributed by atoms with Gasteiger partial charge in [0.1, 0.15) is 0 Å². The molecular weight excluding hydrogens is 212 g/mol. The average molecular weight is 228 g/mol. The van der Waals surface area contributed by atoms with Gasteiger partial charge >= 0.3 is 6.01 Å². The molecule has 1 atom stereocenters. The normalized spacial score (nSPS) is 22.0. The van der Waals surface area contributed by atoms with E-state index in [4.69, 9.17) is 4.42 Å². The summed E-state index contributed by atoms with van der Waals surface area (Å²) in [6, 6.07) is 0.660. The number of nitrogens with one attached hydrogen (secondary N) is 1. The predicted octanol–water partition coefficient (Wildman–Crippen LogP) is 0.731. The van der Waals surface area contributed by atoms with Crippen LogP contribution in [0.2, 0.25) is 0 Å². The van der Waals surface area contributed by atoms with Crippen LogP contribution in [0.25, 0.3) is 0 Å². The first kappa shape index (κ1) is 10.8. The molecule has 84 valence electrons. The van der Waals surface area contributed by atoms with Gasteiger partial charge in [0.15, 0.2) is 0 Å². The Morgan fingerprint density at radius 3 is 3.20 bits per heavy atom. The lowest BCUT2D eigenvalue weighted by molar-refractivity contribution is 0.471. The van der Waals surface area contributed by atoms with Crippen LogP contribution < -0.4 is 10.2 Å². The van der Waals surface area contributed by atoms with Gasteiger partial charge in [0.25, 0.3) is 0 Å². The molecular formula is C9H16N4OS. The molecule has 1 aliphatic heterocycles. The number of hydrogen-bond acceptors (Lipinski definition) is 6. The number of anilines is 1. The van der Waals surface area contributed by atoms with Crippen molar-refractivity contribution in [2.45, 2.75) is 18.7 Å². The summed E-state index contributed by atoms with van der Waals surface area (Å²) in [5, 5.41) is 11.7. The zero-order valence-electron chi connectivity index (χ0n) is 9.06. The molecule has 1 saturated heterocycles. The Labute approximate surface area is 93.6 Å². The predicted molar refractivity (Wildman–Crippen MR) is 61.2 cm³/mol. The monoisotopic (exact) mass is 228 g/mol. The van der Waals surface area contributed by atoms with E-state index in [9.17, 15) is 0 Å². The van der Waals surface area contributed by atoms with Crippen LogP contribution in [0.1, 0.15) is 12.8 Å². The Morgan fingerprint density at radius 1 is 1.60 bits per heavy atom. The zero-order valence-corrected chi connectivity index (χ0v) is 9.88. The molecule has 0 bridgehead atoms. The quantitative estimate of drug-likeness (QED) is 0.823. The topological polar surface area (TPSA) is 54.2 Å². The van der Waals surface area contributed by atoms with E-state index < -0.39 is 0 Å². The van der Waals surface area contributed by atoms with Crippen molar-refractivity contribution in [3.63, 3.8) is 0 Å².